The fraction of sp³-hybridized carbons (Fsp3) is 0.909. The Morgan fingerprint density at radius 3 is 2.18 bits per heavy atom. The van der Waals surface area contributed by atoms with Gasteiger partial charge in [-0.05, 0) is 33.1 Å². The maximum atomic E-state index is 12.4. The Bertz CT molecular complexity index is 260. The molecule has 3 nitrogen and oxygen atoms in total. The molecule has 1 aliphatic rings. The van der Waals surface area contributed by atoms with Crippen molar-refractivity contribution in [3.8, 4) is 0 Å². The van der Waals surface area contributed by atoms with Crippen molar-refractivity contribution < 1.29 is 18.0 Å². The minimum atomic E-state index is -4.34. The second kappa shape index (κ2) is 5.60. The third-order valence-electron chi connectivity index (χ3n) is 2.85. The molecule has 0 atom stereocenters. The number of urea groups is 1. The molecule has 1 aliphatic heterocycles. The van der Waals surface area contributed by atoms with Gasteiger partial charge in [-0.1, -0.05) is 0 Å². The van der Waals surface area contributed by atoms with Crippen LogP contribution in [0.1, 0.15) is 33.1 Å². The summed E-state index contributed by atoms with van der Waals surface area (Å²) in [4.78, 5) is 14.4. The van der Waals surface area contributed by atoms with Gasteiger partial charge in [0.25, 0.3) is 0 Å². The highest BCUT2D eigenvalue weighted by Gasteiger charge is 2.36. The zero-order chi connectivity index (χ0) is 13.1. The first-order valence-corrected chi connectivity index (χ1v) is 5.93. The molecule has 0 aromatic heterocycles. The predicted molar refractivity (Wildman–Crippen MR) is 58.7 cm³/mol. The summed E-state index contributed by atoms with van der Waals surface area (Å²) in [6.45, 7) is 3.18. The SMILES string of the molecule is CC(C)N(CC(F)(F)F)C(=O)N1CCCCC1. The number of hydrogen-bond donors (Lipinski definition) is 0. The van der Waals surface area contributed by atoms with Gasteiger partial charge in [0.1, 0.15) is 6.54 Å². The molecule has 1 heterocycles. The summed E-state index contributed by atoms with van der Waals surface area (Å²) in [6.07, 6.45) is -1.53. The summed E-state index contributed by atoms with van der Waals surface area (Å²) >= 11 is 0. The molecule has 0 spiro atoms. The van der Waals surface area contributed by atoms with Gasteiger partial charge in [-0.15, -0.1) is 0 Å². The lowest BCUT2D eigenvalue weighted by Crippen LogP contribution is -2.51. The molecule has 100 valence electrons. The van der Waals surface area contributed by atoms with Gasteiger partial charge in [-0.25, -0.2) is 4.79 Å². The molecule has 0 bridgehead atoms. The zero-order valence-corrected chi connectivity index (χ0v) is 10.3. The predicted octanol–water partition coefficient (Wildman–Crippen LogP) is 2.87. The van der Waals surface area contributed by atoms with Crippen LogP contribution in [-0.4, -0.2) is 47.7 Å². The minimum absolute atomic E-state index is 0.439. The number of halogens is 3. The standard InChI is InChI=1S/C11H19F3N2O/c1-9(2)16(8-11(12,13)14)10(17)15-6-4-3-5-7-15/h9H,3-8H2,1-2H3. The molecule has 1 fully saturated rings. The molecule has 0 aromatic carbocycles. The third-order valence-corrected chi connectivity index (χ3v) is 2.85. The number of likely N-dealkylation sites (tertiary alicyclic amines) is 1. The molecule has 2 amide bonds. The Hall–Kier alpha value is -0.940. The molecule has 1 rings (SSSR count). The van der Waals surface area contributed by atoms with Crippen molar-refractivity contribution in [1.82, 2.24) is 9.80 Å². The average molecular weight is 252 g/mol. The van der Waals surface area contributed by atoms with Crippen LogP contribution in [0, 0.1) is 0 Å². The van der Waals surface area contributed by atoms with Crippen LogP contribution < -0.4 is 0 Å². The molecule has 0 unspecified atom stereocenters. The van der Waals surface area contributed by atoms with Crippen molar-refractivity contribution in [1.29, 1.82) is 0 Å². The zero-order valence-electron chi connectivity index (χ0n) is 10.3. The van der Waals surface area contributed by atoms with E-state index in [1.54, 1.807) is 13.8 Å². The maximum Gasteiger partial charge on any atom is 0.406 e. The van der Waals surface area contributed by atoms with Gasteiger partial charge >= 0.3 is 12.2 Å². The lowest BCUT2D eigenvalue weighted by atomic mass is 10.1. The molecule has 6 heteroatoms. The van der Waals surface area contributed by atoms with Gasteiger partial charge in [0, 0.05) is 19.1 Å². The summed E-state index contributed by atoms with van der Waals surface area (Å²) in [5, 5.41) is 0. The lowest BCUT2D eigenvalue weighted by Gasteiger charge is -2.35. The van der Waals surface area contributed by atoms with Crippen LogP contribution in [-0.2, 0) is 0 Å². The van der Waals surface area contributed by atoms with Crippen LogP contribution >= 0.6 is 0 Å². The first kappa shape index (κ1) is 14.1. The van der Waals surface area contributed by atoms with Crippen molar-refractivity contribution in [2.24, 2.45) is 0 Å². The summed E-state index contributed by atoms with van der Waals surface area (Å²) in [6, 6.07) is -0.928. The van der Waals surface area contributed by atoms with E-state index in [4.69, 9.17) is 0 Å². The van der Waals surface area contributed by atoms with Crippen molar-refractivity contribution in [3.05, 3.63) is 0 Å². The molecule has 0 aromatic rings. The van der Waals surface area contributed by atoms with Gasteiger partial charge in [0.2, 0.25) is 0 Å². The van der Waals surface area contributed by atoms with Crippen molar-refractivity contribution in [2.75, 3.05) is 19.6 Å². The van der Waals surface area contributed by atoms with E-state index in [2.05, 4.69) is 0 Å². The number of carbonyl (C=O) groups is 1. The Morgan fingerprint density at radius 2 is 1.76 bits per heavy atom. The molecular weight excluding hydrogens is 233 g/mol. The lowest BCUT2D eigenvalue weighted by molar-refractivity contribution is -0.144. The highest BCUT2D eigenvalue weighted by atomic mass is 19.4. The van der Waals surface area contributed by atoms with Gasteiger partial charge in [-0.2, -0.15) is 13.2 Å². The van der Waals surface area contributed by atoms with Gasteiger partial charge in [0.15, 0.2) is 0 Å². The molecule has 1 saturated heterocycles. The number of hydrogen-bond acceptors (Lipinski definition) is 1. The second-order valence-corrected chi connectivity index (χ2v) is 4.67. The van der Waals surface area contributed by atoms with E-state index in [1.165, 1.54) is 4.90 Å². The fourth-order valence-corrected chi connectivity index (χ4v) is 1.93. The average Bonchev–Trinajstić information content (AvgIpc) is 2.25. The smallest absolute Gasteiger partial charge is 0.325 e. The van der Waals surface area contributed by atoms with Crippen molar-refractivity contribution in [2.45, 2.75) is 45.3 Å². The Labute approximate surface area is 99.6 Å². The van der Waals surface area contributed by atoms with E-state index in [0.717, 1.165) is 24.2 Å². The number of piperidine rings is 1. The molecule has 0 saturated carbocycles. The summed E-state index contributed by atoms with van der Waals surface area (Å²) in [7, 11) is 0. The normalized spacial score (nSPS) is 17.4. The summed E-state index contributed by atoms with van der Waals surface area (Å²) in [5.74, 6) is 0. The first-order chi connectivity index (χ1) is 7.81. The van der Waals surface area contributed by atoms with Gasteiger partial charge in [-0.3, -0.25) is 0 Å². The maximum absolute atomic E-state index is 12.4. The van der Waals surface area contributed by atoms with E-state index in [0.29, 0.717) is 13.1 Å². The summed E-state index contributed by atoms with van der Waals surface area (Å²) < 4.78 is 37.1. The van der Waals surface area contributed by atoms with E-state index in [1.807, 2.05) is 0 Å². The number of nitrogens with zero attached hydrogens (tertiary/aromatic N) is 2. The molecule has 0 aliphatic carbocycles. The first-order valence-electron chi connectivity index (χ1n) is 5.93. The van der Waals surface area contributed by atoms with Crippen LogP contribution in [0.3, 0.4) is 0 Å². The van der Waals surface area contributed by atoms with E-state index in [9.17, 15) is 18.0 Å². The highest BCUT2D eigenvalue weighted by Crippen LogP contribution is 2.20. The molecule has 0 radical (unpaired) electrons. The largest absolute Gasteiger partial charge is 0.406 e. The van der Waals surface area contributed by atoms with Gasteiger partial charge < -0.3 is 9.80 Å². The van der Waals surface area contributed by atoms with Crippen LogP contribution in [0.15, 0.2) is 0 Å². The Kier molecular flexibility index (Phi) is 4.65. The minimum Gasteiger partial charge on any atom is -0.325 e. The number of carbonyl (C=O) groups excluding carboxylic acids is 1. The monoisotopic (exact) mass is 252 g/mol. The Morgan fingerprint density at radius 1 is 1.24 bits per heavy atom. The number of alkyl halides is 3. The molecule has 17 heavy (non-hydrogen) atoms. The van der Waals surface area contributed by atoms with E-state index in [-0.39, 0.29) is 0 Å². The van der Waals surface area contributed by atoms with Crippen molar-refractivity contribution in [3.63, 3.8) is 0 Å². The quantitative estimate of drug-likeness (QED) is 0.741. The topological polar surface area (TPSA) is 23.6 Å². The van der Waals surface area contributed by atoms with Crippen LogP contribution in [0.2, 0.25) is 0 Å². The second-order valence-electron chi connectivity index (χ2n) is 4.67. The number of rotatable bonds is 2. The molecular formula is C11H19F3N2O. The Balaban J connectivity index is 2.66. The van der Waals surface area contributed by atoms with Gasteiger partial charge in [0.05, 0.1) is 0 Å². The van der Waals surface area contributed by atoms with Crippen LogP contribution in [0.4, 0.5) is 18.0 Å². The van der Waals surface area contributed by atoms with Crippen LogP contribution in [0.5, 0.6) is 0 Å². The highest BCUT2D eigenvalue weighted by molar-refractivity contribution is 5.74. The van der Waals surface area contributed by atoms with Crippen molar-refractivity contribution >= 4 is 6.03 Å². The van der Waals surface area contributed by atoms with E-state index < -0.39 is 24.8 Å². The summed E-state index contributed by atoms with van der Waals surface area (Å²) in [5.41, 5.74) is 0. The molecule has 0 N–H and O–H groups in total. The number of amides is 2. The fourth-order valence-electron chi connectivity index (χ4n) is 1.93. The van der Waals surface area contributed by atoms with E-state index >= 15 is 0 Å². The third kappa shape index (κ3) is 4.44. The van der Waals surface area contributed by atoms with Crippen LogP contribution in [0.25, 0.3) is 0 Å².